The molecule has 0 saturated carbocycles. The van der Waals surface area contributed by atoms with Gasteiger partial charge in [-0.15, -0.1) is 0 Å². The molecule has 0 aliphatic carbocycles. The van der Waals surface area contributed by atoms with Crippen molar-refractivity contribution < 1.29 is 9.90 Å². The third kappa shape index (κ3) is 4.30. The fraction of sp³-hybridized carbons (Fsp3) is 0.211. The maximum Gasteiger partial charge on any atom is 0.270 e. The summed E-state index contributed by atoms with van der Waals surface area (Å²) in [4.78, 5) is 16.7. The monoisotopic (exact) mass is 336 g/mol. The van der Waals surface area contributed by atoms with Crippen LogP contribution in [0.3, 0.4) is 0 Å². The average molecular weight is 336 g/mol. The summed E-state index contributed by atoms with van der Waals surface area (Å²) < 4.78 is 1.60. The molecule has 2 atom stereocenters. The second-order valence-corrected chi connectivity index (χ2v) is 5.87. The Balaban J connectivity index is 1.63. The molecule has 6 heteroatoms. The Morgan fingerprint density at radius 3 is 2.68 bits per heavy atom. The first-order valence-electron chi connectivity index (χ1n) is 8.14. The molecule has 3 aromatic rings. The molecule has 1 aromatic carbocycles. The highest BCUT2D eigenvalue weighted by molar-refractivity contribution is 5.92. The van der Waals surface area contributed by atoms with Gasteiger partial charge in [0.15, 0.2) is 5.82 Å². The van der Waals surface area contributed by atoms with Gasteiger partial charge < -0.3 is 10.4 Å². The molecule has 0 spiro atoms. The van der Waals surface area contributed by atoms with E-state index in [1.165, 1.54) is 0 Å². The number of hydrogen-bond donors (Lipinski definition) is 2. The summed E-state index contributed by atoms with van der Waals surface area (Å²) in [5, 5.41) is 17.3. The van der Waals surface area contributed by atoms with E-state index in [4.69, 9.17) is 0 Å². The van der Waals surface area contributed by atoms with Crippen molar-refractivity contribution in [3.8, 4) is 5.82 Å². The molecule has 3 rings (SSSR count). The lowest BCUT2D eigenvalue weighted by Gasteiger charge is -2.18. The van der Waals surface area contributed by atoms with Crippen LogP contribution >= 0.6 is 0 Å². The van der Waals surface area contributed by atoms with Gasteiger partial charge in [-0.1, -0.05) is 36.4 Å². The van der Waals surface area contributed by atoms with Crippen molar-refractivity contribution >= 4 is 5.91 Å². The molecule has 2 N–H and O–H groups in total. The fourth-order valence-corrected chi connectivity index (χ4v) is 2.58. The summed E-state index contributed by atoms with van der Waals surface area (Å²) >= 11 is 0. The first kappa shape index (κ1) is 16.9. The molecular formula is C19H20N4O2. The van der Waals surface area contributed by atoms with Crippen LogP contribution in [0.15, 0.2) is 67.0 Å². The Hall–Kier alpha value is -2.99. The molecule has 0 fully saturated rings. The molecule has 0 radical (unpaired) electrons. The van der Waals surface area contributed by atoms with Crippen molar-refractivity contribution in [2.75, 3.05) is 0 Å². The van der Waals surface area contributed by atoms with Crippen molar-refractivity contribution in [2.45, 2.75) is 25.5 Å². The lowest BCUT2D eigenvalue weighted by Crippen LogP contribution is -2.34. The Labute approximate surface area is 146 Å². The molecule has 25 heavy (non-hydrogen) atoms. The zero-order chi connectivity index (χ0) is 17.6. The van der Waals surface area contributed by atoms with Gasteiger partial charge in [-0.3, -0.25) is 4.79 Å². The van der Waals surface area contributed by atoms with E-state index in [0.29, 0.717) is 17.9 Å². The Morgan fingerprint density at radius 2 is 1.96 bits per heavy atom. The lowest BCUT2D eigenvalue weighted by molar-refractivity contribution is 0.0912. The summed E-state index contributed by atoms with van der Waals surface area (Å²) in [5.41, 5.74) is 1.15. The van der Waals surface area contributed by atoms with Gasteiger partial charge in [-0.2, -0.15) is 5.10 Å². The molecule has 0 bridgehead atoms. The van der Waals surface area contributed by atoms with Crippen LogP contribution in [0.5, 0.6) is 0 Å². The summed E-state index contributed by atoms with van der Waals surface area (Å²) in [5.74, 6) is 0.302. The van der Waals surface area contributed by atoms with Crippen LogP contribution in [0.1, 0.15) is 35.5 Å². The van der Waals surface area contributed by atoms with E-state index in [9.17, 15) is 9.90 Å². The maximum absolute atomic E-state index is 12.4. The van der Waals surface area contributed by atoms with Gasteiger partial charge in [0, 0.05) is 18.4 Å². The molecule has 0 aliphatic heterocycles. The third-order valence-corrected chi connectivity index (χ3v) is 3.84. The quantitative estimate of drug-likeness (QED) is 0.725. The van der Waals surface area contributed by atoms with E-state index >= 15 is 0 Å². The molecule has 0 unspecified atom stereocenters. The fourth-order valence-electron chi connectivity index (χ4n) is 2.58. The third-order valence-electron chi connectivity index (χ3n) is 3.84. The van der Waals surface area contributed by atoms with Crippen LogP contribution < -0.4 is 5.32 Å². The highest BCUT2D eigenvalue weighted by atomic mass is 16.3. The van der Waals surface area contributed by atoms with Crippen molar-refractivity contribution in [2.24, 2.45) is 0 Å². The number of hydrogen-bond acceptors (Lipinski definition) is 4. The molecule has 0 saturated heterocycles. The minimum Gasteiger partial charge on any atom is -0.388 e. The number of nitrogens with one attached hydrogen (secondary N) is 1. The molecule has 128 valence electrons. The smallest absolute Gasteiger partial charge is 0.270 e. The Kier molecular flexibility index (Phi) is 5.20. The van der Waals surface area contributed by atoms with Crippen molar-refractivity contribution in [1.82, 2.24) is 20.1 Å². The number of pyridine rings is 1. The van der Waals surface area contributed by atoms with Gasteiger partial charge in [-0.05, 0) is 37.1 Å². The Bertz CT molecular complexity index is 818. The number of amides is 1. The van der Waals surface area contributed by atoms with E-state index in [-0.39, 0.29) is 11.9 Å². The predicted molar refractivity (Wildman–Crippen MR) is 94.3 cm³/mol. The number of aliphatic hydroxyl groups is 1. The van der Waals surface area contributed by atoms with Gasteiger partial charge in [0.1, 0.15) is 5.69 Å². The second kappa shape index (κ2) is 7.72. The molecule has 1 amide bonds. The summed E-state index contributed by atoms with van der Waals surface area (Å²) in [7, 11) is 0. The topological polar surface area (TPSA) is 80.0 Å². The van der Waals surface area contributed by atoms with Gasteiger partial charge in [0.2, 0.25) is 0 Å². The van der Waals surface area contributed by atoms with Gasteiger partial charge in [0.05, 0.1) is 6.10 Å². The van der Waals surface area contributed by atoms with Crippen molar-refractivity contribution in [1.29, 1.82) is 0 Å². The van der Waals surface area contributed by atoms with Crippen LogP contribution in [0, 0.1) is 0 Å². The number of aromatic nitrogens is 3. The van der Waals surface area contributed by atoms with Crippen LogP contribution in [-0.2, 0) is 0 Å². The van der Waals surface area contributed by atoms with Gasteiger partial charge in [0.25, 0.3) is 5.91 Å². The van der Waals surface area contributed by atoms with Crippen LogP contribution in [0.2, 0.25) is 0 Å². The van der Waals surface area contributed by atoms with Gasteiger partial charge >= 0.3 is 0 Å². The number of rotatable bonds is 6. The van der Waals surface area contributed by atoms with Crippen LogP contribution in [0.4, 0.5) is 0 Å². The van der Waals surface area contributed by atoms with E-state index in [1.54, 1.807) is 41.3 Å². The van der Waals surface area contributed by atoms with E-state index in [2.05, 4.69) is 15.4 Å². The molecule has 0 aliphatic rings. The number of carbonyl (C=O) groups is 1. The van der Waals surface area contributed by atoms with Crippen LogP contribution in [0.25, 0.3) is 5.82 Å². The summed E-state index contributed by atoms with van der Waals surface area (Å²) in [6.45, 7) is 1.86. The largest absolute Gasteiger partial charge is 0.388 e. The van der Waals surface area contributed by atoms with Crippen molar-refractivity contribution in [3.05, 3.63) is 78.2 Å². The normalized spacial score (nSPS) is 13.2. The molecule has 2 heterocycles. The molecular weight excluding hydrogens is 316 g/mol. The first-order valence-corrected chi connectivity index (χ1v) is 8.14. The zero-order valence-electron chi connectivity index (χ0n) is 13.9. The summed E-state index contributed by atoms with van der Waals surface area (Å²) in [6, 6.07) is 16.2. The standard InChI is InChI=1S/C19H20N4O2/c1-14(13-17(24)15-7-3-2-4-8-15)21-19(25)16-9-5-10-18(22-16)23-12-6-11-20-23/h2-12,14,17,24H,13H2,1H3,(H,21,25)/t14-,17-/m0/s1. The first-order chi connectivity index (χ1) is 12.1. The van der Waals surface area contributed by atoms with Crippen molar-refractivity contribution in [3.63, 3.8) is 0 Å². The minimum absolute atomic E-state index is 0.196. The number of carbonyl (C=O) groups excluding carboxylic acids is 1. The number of benzene rings is 1. The average Bonchev–Trinajstić information content (AvgIpc) is 3.17. The zero-order valence-corrected chi connectivity index (χ0v) is 13.9. The van der Waals surface area contributed by atoms with Crippen LogP contribution in [-0.4, -0.2) is 31.8 Å². The van der Waals surface area contributed by atoms with Gasteiger partial charge in [-0.25, -0.2) is 9.67 Å². The molecule has 6 nitrogen and oxygen atoms in total. The highest BCUT2D eigenvalue weighted by Gasteiger charge is 2.16. The number of aliphatic hydroxyl groups excluding tert-OH is 1. The minimum atomic E-state index is -0.625. The second-order valence-electron chi connectivity index (χ2n) is 5.87. The number of nitrogens with zero attached hydrogens (tertiary/aromatic N) is 3. The van der Waals surface area contributed by atoms with E-state index in [1.807, 2.05) is 37.3 Å². The summed E-state index contributed by atoms with van der Waals surface area (Å²) in [6.07, 6.45) is 3.22. The lowest BCUT2D eigenvalue weighted by atomic mass is 10.0. The SMILES string of the molecule is C[C@@H](C[C@H](O)c1ccccc1)NC(=O)c1cccc(-n2cccn2)n1. The molecule has 2 aromatic heterocycles. The van der Waals surface area contributed by atoms with E-state index < -0.39 is 6.10 Å². The predicted octanol–water partition coefficient (Wildman–Crippen LogP) is 2.51. The van der Waals surface area contributed by atoms with E-state index in [0.717, 1.165) is 5.56 Å². The highest BCUT2D eigenvalue weighted by Crippen LogP contribution is 2.17. The Morgan fingerprint density at radius 1 is 1.16 bits per heavy atom. The maximum atomic E-state index is 12.4.